The Kier molecular flexibility index (Phi) is 5.21. The van der Waals surface area contributed by atoms with Crippen molar-refractivity contribution in [3.05, 3.63) is 0 Å². The molecule has 5 heteroatoms. The lowest BCUT2D eigenvalue weighted by Gasteiger charge is -2.33. The Hall–Kier alpha value is -0.130. The molecule has 0 aromatic carbocycles. The van der Waals surface area contributed by atoms with Crippen molar-refractivity contribution in [1.29, 1.82) is 0 Å². The largest absolute Gasteiger partial charge is 0.383 e. The van der Waals surface area contributed by atoms with E-state index in [1.807, 2.05) is 7.05 Å². The van der Waals surface area contributed by atoms with Gasteiger partial charge in [0.2, 0.25) is 0 Å². The first-order valence-corrected chi connectivity index (χ1v) is 7.79. The Morgan fingerprint density at radius 3 is 2.62 bits per heavy atom. The van der Waals surface area contributed by atoms with Crippen LogP contribution in [0.4, 0.5) is 0 Å². The highest BCUT2D eigenvalue weighted by Crippen LogP contribution is 2.30. The van der Waals surface area contributed by atoms with Gasteiger partial charge in [-0.1, -0.05) is 6.42 Å². The number of hydrogen-bond acceptors (Lipinski definition) is 4. The minimum absolute atomic E-state index is 0.154. The van der Waals surface area contributed by atoms with Gasteiger partial charge in [0, 0.05) is 19.4 Å². The minimum Gasteiger partial charge on any atom is -0.383 e. The number of rotatable bonds is 5. The van der Waals surface area contributed by atoms with Gasteiger partial charge in [0.1, 0.15) is 9.84 Å². The van der Waals surface area contributed by atoms with Gasteiger partial charge in [-0.3, -0.25) is 0 Å². The molecule has 0 amide bonds. The maximum absolute atomic E-state index is 11.5. The third-order valence-corrected chi connectivity index (χ3v) is 5.20. The average molecular weight is 249 g/mol. The third-order valence-electron chi connectivity index (χ3n) is 3.56. The number of nitrogens with one attached hydrogen (secondary N) is 1. The molecule has 1 N–H and O–H groups in total. The summed E-state index contributed by atoms with van der Waals surface area (Å²) in [6.45, 7) is 0.650. The molecule has 1 fully saturated rings. The lowest BCUT2D eigenvalue weighted by molar-refractivity contribution is 0.130. The van der Waals surface area contributed by atoms with E-state index in [-0.39, 0.29) is 11.3 Å². The zero-order valence-corrected chi connectivity index (χ0v) is 11.2. The van der Waals surface area contributed by atoms with Crippen LogP contribution in [0, 0.1) is 5.92 Å². The van der Waals surface area contributed by atoms with Crippen LogP contribution in [0.3, 0.4) is 0 Å². The van der Waals surface area contributed by atoms with Gasteiger partial charge in [-0.05, 0) is 32.2 Å². The topological polar surface area (TPSA) is 55.4 Å². The first-order valence-electron chi connectivity index (χ1n) is 5.84. The number of ether oxygens (including phenoxy) is 1. The third kappa shape index (κ3) is 3.71. The lowest BCUT2D eigenvalue weighted by Crippen LogP contribution is -2.42. The highest BCUT2D eigenvalue weighted by molar-refractivity contribution is 7.91. The van der Waals surface area contributed by atoms with Gasteiger partial charge in [-0.2, -0.15) is 0 Å². The summed E-state index contributed by atoms with van der Waals surface area (Å²) in [7, 11) is 0.708. The van der Waals surface area contributed by atoms with Crippen LogP contribution in [-0.4, -0.2) is 46.7 Å². The molecule has 1 aliphatic rings. The van der Waals surface area contributed by atoms with E-state index in [1.54, 1.807) is 7.11 Å². The van der Waals surface area contributed by atoms with Crippen molar-refractivity contribution in [3.8, 4) is 0 Å². The SMILES string of the molecule is CNC(COC)C1CCCC(S(C)(=O)=O)C1. The molecule has 3 unspecified atom stereocenters. The highest BCUT2D eigenvalue weighted by atomic mass is 32.2. The molecule has 0 aliphatic heterocycles. The molecule has 0 bridgehead atoms. The number of hydrogen-bond donors (Lipinski definition) is 1. The quantitative estimate of drug-likeness (QED) is 0.784. The van der Waals surface area contributed by atoms with Crippen molar-refractivity contribution in [2.45, 2.75) is 37.0 Å². The van der Waals surface area contributed by atoms with Crippen LogP contribution in [0.25, 0.3) is 0 Å². The fourth-order valence-corrected chi connectivity index (χ4v) is 3.76. The summed E-state index contributed by atoms with van der Waals surface area (Å²) in [6.07, 6.45) is 5.04. The van der Waals surface area contributed by atoms with E-state index in [2.05, 4.69) is 5.32 Å². The Balaban J connectivity index is 2.62. The fraction of sp³-hybridized carbons (Fsp3) is 1.00. The Morgan fingerprint density at radius 2 is 2.12 bits per heavy atom. The van der Waals surface area contributed by atoms with Crippen molar-refractivity contribution in [2.24, 2.45) is 5.92 Å². The predicted molar refractivity (Wildman–Crippen MR) is 65.3 cm³/mol. The van der Waals surface area contributed by atoms with Gasteiger partial charge in [0.15, 0.2) is 0 Å². The van der Waals surface area contributed by atoms with Crippen LogP contribution < -0.4 is 5.32 Å². The van der Waals surface area contributed by atoms with Crippen molar-refractivity contribution in [1.82, 2.24) is 5.32 Å². The first kappa shape index (κ1) is 13.9. The monoisotopic (exact) mass is 249 g/mol. The highest BCUT2D eigenvalue weighted by Gasteiger charge is 2.32. The molecule has 0 spiro atoms. The summed E-state index contributed by atoms with van der Waals surface area (Å²) in [5.74, 6) is 0.415. The van der Waals surface area contributed by atoms with Gasteiger partial charge in [-0.15, -0.1) is 0 Å². The standard InChI is InChI=1S/C11H23NO3S/c1-12-11(8-15-2)9-5-4-6-10(7-9)16(3,13)14/h9-12H,4-8H2,1-3H3. The van der Waals surface area contributed by atoms with Crippen LogP contribution >= 0.6 is 0 Å². The number of sulfone groups is 1. The fourth-order valence-electron chi connectivity index (χ4n) is 2.57. The normalized spacial score (nSPS) is 28.9. The Labute approximate surface area is 98.7 Å². The maximum atomic E-state index is 11.5. The summed E-state index contributed by atoms with van der Waals surface area (Å²) in [4.78, 5) is 0. The van der Waals surface area contributed by atoms with Gasteiger partial charge < -0.3 is 10.1 Å². The second-order valence-corrected chi connectivity index (χ2v) is 7.05. The molecule has 0 heterocycles. The molecular weight excluding hydrogens is 226 g/mol. The minimum atomic E-state index is -2.88. The molecule has 0 aromatic heterocycles. The Morgan fingerprint density at radius 1 is 1.44 bits per heavy atom. The van der Waals surface area contributed by atoms with Crippen LogP contribution in [0.1, 0.15) is 25.7 Å². The molecule has 96 valence electrons. The van der Waals surface area contributed by atoms with E-state index in [0.29, 0.717) is 12.5 Å². The van der Waals surface area contributed by atoms with Gasteiger partial charge in [0.05, 0.1) is 11.9 Å². The first-order chi connectivity index (χ1) is 7.49. The Bertz CT molecular complexity index is 302. The molecule has 0 radical (unpaired) electrons. The smallest absolute Gasteiger partial charge is 0.150 e. The number of likely N-dealkylation sites (N-methyl/N-ethyl adjacent to an activating group) is 1. The van der Waals surface area contributed by atoms with Gasteiger partial charge >= 0.3 is 0 Å². The van der Waals surface area contributed by atoms with E-state index in [4.69, 9.17) is 4.74 Å². The van der Waals surface area contributed by atoms with Crippen LogP contribution in [0.15, 0.2) is 0 Å². The van der Waals surface area contributed by atoms with Gasteiger partial charge in [0.25, 0.3) is 0 Å². The van der Waals surface area contributed by atoms with E-state index in [0.717, 1.165) is 25.7 Å². The van der Waals surface area contributed by atoms with Crippen molar-refractivity contribution in [2.75, 3.05) is 27.0 Å². The molecule has 0 aromatic rings. The van der Waals surface area contributed by atoms with Crippen molar-refractivity contribution < 1.29 is 13.2 Å². The molecule has 1 saturated carbocycles. The number of methoxy groups -OCH3 is 1. The second kappa shape index (κ2) is 5.98. The van der Waals surface area contributed by atoms with Crippen LogP contribution in [0.2, 0.25) is 0 Å². The van der Waals surface area contributed by atoms with E-state index in [9.17, 15) is 8.42 Å². The van der Waals surface area contributed by atoms with E-state index in [1.165, 1.54) is 6.26 Å². The maximum Gasteiger partial charge on any atom is 0.150 e. The average Bonchev–Trinajstić information content (AvgIpc) is 2.25. The van der Waals surface area contributed by atoms with Crippen LogP contribution in [0.5, 0.6) is 0 Å². The zero-order chi connectivity index (χ0) is 12.2. The second-order valence-electron chi connectivity index (χ2n) is 4.73. The van der Waals surface area contributed by atoms with E-state index < -0.39 is 9.84 Å². The summed E-state index contributed by atoms with van der Waals surface area (Å²) in [5, 5.41) is 3.07. The zero-order valence-electron chi connectivity index (χ0n) is 10.4. The summed E-state index contributed by atoms with van der Waals surface area (Å²) in [6, 6.07) is 0.273. The van der Waals surface area contributed by atoms with Crippen LogP contribution in [-0.2, 0) is 14.6 Å². The van der Waals surface area contributed by atoms with Crippen molar-refractivity contribution in [3.63, 3.8) is 0 Å². The summed E-state index contributed by atoms with van der Waals surface area (Å²) >= 11 is 0. The predicted octanol–water partition coefficient (Wildman–Crippen LogP) is 0.824. The molecule has 0 saturated heterocycles. The van der Waals surface area contributed by atoms with Gasteiger partial charge in [-0.25, -0.2) is 8.42 Å². The molecule has 1 rings (SSSR count). The lowest BCUT2D eigenvalue weighted by atomic mass is 9.84. The summed E-state index contributed by atoms with van der Waals surface area (Å²) < 4.78 is 28.3. The molecular formula is C11H23NO3S. The summed E-state index contributed by atoms with van der Waals surface area (Å²) in [5.41, 5.74) is 0. The molecule has 16 heavy (non-hydrogen) atoms. The van der Waals surface area contributed by atoms with Crippen molar-refractivity contribution >= 4 is 9.84 Å². The molecule has 4 nitrogen and oxygen atoms in total. The molecule has 1 aliphatic carbocycles. The molecule has 3 atom stereocenters. The van der Waals surface area contributed by atoms with E-state index >= 15 is 0 Å².